The molecule has 0 unspecified atom stereocenters. The minimum atomic E-state index is -0.128. The molecule has 2 saturated carbocycles. The fourth-order valence-electron chi connectivity index (χ4n) is 6.89. The third kappa shape index (κ3) is 2.45. The lowest BCUT2D eigenvalue weighted by molar-refractivity contribution is -0.146. The number of hydrogen-bond acceptors (Lipinski definition) is 6. The predicted octanol–water partition coefficient (Wildman–Crippen LogP) is 3.03. The van der Waals surface area contributed by atoms with Crippen LogP contribution in [-0.4, -0.2) is 37.1 Å². The van der Waals surface area contributed by atoms with E-state index in [-0.39, 0.29) is 47.8 Å². The molecule has 0 radical (unpaired) electrons. The van der Waals surface area contributed by atoms with Gasteiger partial charge in [0.05, 0.1) is 12.0 Å². The normalized spacial score (nSPS) is 43.9. The maximum Gasteiger partial charge on any atom is 0.311 e. The van der Waals surface area contributed by atoms with Gasteiger partial charge in [-0.2, -0.15) is 0 Å². The first-order valence-electron chi connectivity index (χ1n) is 11.0. The lowest BCUT2D eigenvalue weighted by Crippen LogP contribution is -2.54. The smallest absolute Gasteiger partial charge is 0.311 e. The number of epoxide rings is 1. The highest BCUT2D eigenvalue weighted by Crippen LogP contribution is 2.70. The zero-order chi connectivity index (χ0) is 19.8. The summed E-state index contributed by atoms with van der Waals surface area (Å²) in [5, 5.41) is 3.48. The Hall–Kier alpha value is -1.79. The Bertz CT molecular complexity index is 858. The van der Waals surface area contributed by atoms with Gasteiger partial charge in [0.2, 0.25) is 6.79 Å². The van der Waals surface area contributed by atoms with Crippen molar-refractivity contribution >= 4 is 5.97 Å². The summed E-state index contributed by atoms with van der Waals surface area (Å²) in [4.78, 5) is 12.7. The van der Waals surface area contributed by atoms with Crippen molar-refractivity contribution < 1.29 is 23.7 Å². The maximum atomic E-state index is 12.7. The molecular formula is C23H29NO5. The van der Waals surface area contributed by atoms with Crippen LogP contribution in [0.5, 0.6) is 11.5 Å². The molecule has 3 heterocycles. The van der Waals surface area contributed by atoms with Crippen LogP contribution in [-0.2, 0) is 20.8 Å². The van der Waals surface area contributed by atoms with Crippen LogP contribution in [0.25, 0.3) is 0 Å². The molecule has 6 heteroatoms. The van der Waals surface area contributed by atoms with E-state index in [4.69, 9.17) is 18.9 Å². The number of fused-ring (bicyclic) bond motifs is 3. The molecule has 7 atom stereocenters. The molecule has 6 nitrogen and oxygen atoms in total. The number of ether oxygens (including phenoxy) is 4. The van der Waals surface area contributed by atoms with E-state index >= 15 is 0 Å². The van der Waals surface area contributed by atoms with E-state index in [0.29, 0.717) is 19.0 Å². The second-order valence-electron chi connectivity index (χ2n) is 9.87. The van der Waals surface area contributed by atoms with Crippen LogP contribution < -0.4 is 14.8 Å². The Balaban J connectivity index is 1.16. The lowest BCUT2D eigenvalue weighted by atomic mass is 9.53. The summed E-state index contributed by atoms with van der Waals surface area (Å²) in [6.45, 7) is 6.28. The van der Waals surface area contributed by atoms with Crippen molar-refractivity contribution in [2.45, 2.75) is 63.9 Å². The minimum absolute atomic E-state index is 0.00997. The number of benzene rings is 1. The molecule has 2 saturated heterocycles. The Labute approximate surface area is 171 Å². The Kier molecular flexibility index (Phi) is 3.80. The van der Waals surface area contributed by atoms with Gasteiger partial charge in [0, 0.05) is 24.4 Å². The molecule has 5 aliphatic rings. The van der Waals surface area contributed by atoms with Crippen molar-refractivity contribution in [3.05, 3.63) is 23.8 Å². The first-order valence-corrected chi connectivity index (χ1v) is 11.0. The lowest BCUT2D eigenvalue weighted by Gasteiger charge is -2.48. The summed E-state index contributed by atoms with van der Waals surface area (Å²) in [5.41, 5.74) is 1.23. The van der Waals surface area contributed by atoms with Crippen LogP contribution in [0.15, 0.2) is 18.2 Å². The van der Waals surface area contributed by atoms with Crippen LogP contribution in [0.2, 0.25) is 0 Å². The summed E-state index contributed by atoms with van der Waals surface area (Å²) >= 11 is 0. The van der Waals surface area contributed by atoms with Crippen molar-refractivity contribution in [1.29, 1.82) is 0 Å². The third-order valence-corrected chi connectivity index (χ3v) is 8.32. The van der Waals surface area contributed by atoms with Crippen molar-refractivity contribution in [3.8, 4) is 11.5 Å². The number of carbonyl (C=O) groups excluding carboxylic acids is 1. The molecule has 156 valence electrons. The molecule has 0 aromatic heterocycles. The molecule has 29 heavy (non-hydrogen) atoms. The van der Waals surface area contributed by atoms with E-state index in [0.717, 1.165) is 23.5 Å². The fourth-order valence-corrected chi connectivity index (χ4v) is 6.89. The largest absolute Gasteiger partial charge is 0.462 e. The van der Waals surface area contributed by atoms with Gasteiger partial charge in [-0.3, -0.25) is 4.79 Å². The fraction of sp³-hybridized carbons (Fsp3) is 0.696. The van der Waals surface area contributed by atoms with Gasteiger partial charge in [-0.25, -0.2) is 0 Å². The molecule has 2 aliphatic carbocycles. The molecular weight excluding hydrogens is 370 g/mol. The van der Waals surface area contributed by atoms with Gasteiger partial charge in [-0.05, 0) is 42.9 Å². The van der Waals surface area contributed by atoms with Crippen molar-refractivity contribution in [2.75, 3.05) is 13.3 Å². The maximum absolute atomic E-state index is 12.7. The van der Waals surface area contributed by atoms with Crippen LogP contribution >= 0.6 is 0 Å². The molecule has 4 fully saturated rings. The average molecular weight is 399 g/mol. The zero-order valence-electron chi connectivity index (χ0n) is 17.1. The number of esters is 1. The number of carbonyl (C=O) groups is 1. The van der Waals surface area contributed by atoms with E-state index < -0.39 is 0 Å². The Morgan fingerprint density at radius 1 is 1.24 bits per heavy atom. The first kappa shape index (κ1) is 18.0. The molecule has 6 rings (SSSR count). The monoisotopic (exact) mass is 399 g/mol. The highest BCUT2D eigenvalue weighted by Gasteiger charge is 2.78. The average Bonchev–Trinajstić information content (AvgIpc) is 3.15. The second-order valence-corrected chi connectivity index (χ2v) is 9.87. The van der Waals surface area contributed by atoms with E-state index in [1.165, 1.54) is 19.3 Å². The first-order chi connectivity index (χ1) is 14.0. The van der Waals surface area contributed by atoms with E-state index in [2.05, 4.69) is 19.2 Å². The molecule has 1 spiro atoms. The van der Waals surface area contributed by atoms with Crippen LogP contribution in [0.4, 0.5) is 0 Å². The van der Waals surface area contributed by atoms with E-state index in [1.54, 1.807) is 0 Å². The van der Waals surface area contributed by atoms with Crippen molar-refractivity contribution in [1.82, 2.24) is 5.32 Å². The molecule has 1 aromatic carbocycles. The van der Waals surface area contributed by atoms with Crippen LogP contribution in [0.1, 0.15) is 45.1 Å². The van der Waals surface area contributed by atoms with Crippen LogP contribution in [0.3, 0.4) is 0 Å². The Morgan fingerprint density at radius 3 is 3.00 bits per heavy atom. The topological polar surface area (TPSA) is 69.3 Å². The van der Waals surface area contributed by atoms with Gasteiger partial charge in [0.25, 0.3) is 0 Å². The summed E-state index contributed by atoms with van der Waals surface area (Å²) < 4.78 is 23.2. The van der Waals surface area contributed by atoms with Gasteiger partial charge in [0.15, 0.2) is 11.5 Å². The van der Waals surface area contributed by atoms with Gasteiger partial charge < -0.3 is 24.3 Å². The summed E-state index contributed by atoms with van der Waals surface area (Å²) in [6, 6.07) is 5.97. The summed E-state index contributed by atoms with van der Waals surface area (Å²) in [7, 11) is 0. The highest BCUT2D eigenvalue weighted by atomic mass is 16.7. The van der Waals surface area contributed by atoms with Crippen molar-refractivity contribution in [2.24, 2.45) is 23.2 Å². The van der Waals surface area contributed by atoms with Gasteiger partial charge in [0.1, 0.15) is 11.7 Å². The summed E-state index contributed by atoms with van der Waals surface area (Å²) in [5.74, 6) is 2.14. The number of rotatable bonds is 4. The zero-order valence-corrected chi connectivity index (χ0v) is 17.1. The highest BCUT2D eigenvalue weighted by molar-refractivity contribution is 5.76. The van der Waals surface area contributed by atoms with E-state index in [1.807, 2.05) is 18.2 Å². The van der Waals surface area contributed by atoms with Crippen LogP contribution in [0, 0.1) is 23.2 Å². The second kappa shape index (κ2) is 6.11. The van der Waals surface area contributed by atoms with Gasteiger partial charge in [-0.15, -0.1) is 0 Å². The SMILES string of the molecule is C[C@H]1CCC[C@]2(C)C[C@H]3OC(=O)[C@H](CNCc4ccc5c(c4)OCO5)[C@H]3[C@@H]3O[C@@]132. The minimum Gasteiger partial charge on any atom is -0.462 e. The molecule has 3 aliphatic heterocycles. The van der Waals surface area contributed by atoms with Gasteiger partial charge in [-0.1, -0.05) is 26.3 Å². The standard InChI is InChI=1S/C23H29NO5/c1-13-4-3-7-22(2)9-18-19(20-23(13,22)29-20)15(21(25)28-18)11-24-10-14-5-6-16-17(8-14)27-12-26-16/h5-6,8,13,15,18-20,24H,3-4,7,9-12H2,1-2H3/t13-,15+,18+,19+,20-,22+,23-/m0/s1. The van der Waals surface area contributed by atoms with Crippen molar-refractivity contribution in [3.63, 3.8) is 0 Å². The molecule has 0 amide bonds. The quantitative estimate of drug-likeness (QED) is 0.620. The Morgan fingerprint density at radius 2 is 2.10 bits per heavy atom. The molecule has 1 N–H and O–H groups in total. The number of nitrogens with one attached hydrogen (secondary N) is 1. The molecule has 0 bridgehead atoms. The van der Waals surface area contributed by atoms with E-state index in [9.17, 15) is 4.79 Å². The predicted molar refractivity (Wildman–Crippen MR) is 104 cm³/mol. The summed E-state index contributed by atoms with van der Waals surface area (Å²) in [6.07, 6.45) is 4.79. The molecule has 1 aromatic rings. The third-order valence-electron chi connectivity index (χ3n) is 8.32. The van der Waals surface area contributed by atoms with Gasteiger partial charge >= 0.3 is 5.97 Å². The number of hydrogen-bond donors (Lipinski definition) is 1.